The van der Waals surface area contributed by atoms with E-state index in [1.54, 1.807) is 20.2 Å². The van der Waals surface area contributed by atoms with E-state index >= 15 is 0 Å². The Morgan fingerprint density at radius 2 is 2.00 bits per heavy atom. The number of amides is 3. The lowest BCUT2D eigenvalue weighted by Crippen LogP contribution is -2.44. The van der Waals surface area contributed by atoms with Crippen molar-refractivity contribution < 1.29 is 23.9 Å². The van der Waals surface area contributed by atoms with Gasteiger partial charge >= 0.3 is 6.09 Å². The lowest BCUT2D eigenvalue weighted by Gasteiger charge is -2.17. The minimum atomic E-state index is -1.42. The summed E-state index contributed by atoms with van der Waals surface area (Å²) in [6, 6.07) is 3.14. The molecule has 0 aliphatic rings. The van der Waals surface area contributed by atoms with Gasteiger partial charge in [0.1, 0.15) is 16.9 Å². The molecule has 4 N–H and O–H groups in total. The van der Waals surface area contributed by atoms with Gasteiger partial charge in [-0.15, -0.1) is 0 Å². The Morgan fingerprint density at radius 3 is 2.65 bits per heavy atom. The molecule has 3 amide bonds. The summed E-state index contributed by atoms with van der Waals surface area (Å²) in [5.41, 5.74) is 1.00. The number of allylic oxidation sites excluding steroid dienone is 1. The largest absolute Gasteiger partial charge is 0.465 e. The summed E-state index contributed by atoms with van der Waals surface area (Å²) in [5, 5.41) is 14.2. The van der Waals surface area contributed by atoms with Crippen LogP contribution in [0, 0.1) is 11.7 Å². The third-order valence-corrected chi connectivity index (χ3v) is 6.33. The number of fused-ring (bicyclic) bond motifs is 1. The van der Waals surface area contributed by atoms with E-state index in [0.717, 1.165) is 0 Å². The highest BCUT2D eigenvalue weighted by Crippen LogP contribution is 2.24. The molecule has 0 saturated heterocycles. The van der Waals surface area contributed by atoms with E-state index in [1.165, 1.54) is 39.9 Å². The molecule has 0 aliphatic heterocycles. The lowest BCUT2D eigenvalue weighted by molar-refractivity contribution is -0.123. The van der Waals surface area contributed by atoms with Gasteiger partial charge in [0.2, 0.25) is 11.8 Å². The van der Waals surface area contributed by atoms with Gasteiger partial charge in [0.05, 0.1) is 24.0 Å². The molecule has 0 saturated carbocycles. The molecule has 3 aromatic heterocycles. The van der Waals surface area contributed by atoms with Gasteiger partial charge in [-0.2, -0.15) is 0 Å². The molecule has 40 heavy (non-hydrogen) atoms. The van der Waals surface area contributed by atoms with Crippen molar-refractivity contribution in [2.75, 3.05) is 19.4 Å². The van der Waals surface area contributed by atoms with Crippen molar-refractivity contribution in [3.05, 3.63) is 69.3 Å². The van der Waals surface area contributed by atoms with Gasteiger partial charge in [0.25, 0.3) is 5.56 Å². The quantitative estimate of drug-likeness (QED) is 0.202. The number of hydrogen-bond acceptors (Lipinski definition) is 5. The summed E-state index contributed by atoms with van der Waals surface area (Å²) in [4.78, 5) is 57.8. The molecule has 1 unspecified atom stereocenters. The lowest BCUT2D eigenvalue weighted by atomic mass is 10.1. The van der Waals surface area contributed by atoms with Gasteiger partial charge in [0.15, 0.2) is 5.82 Å². The number of aromatic nitrogens is 3. The number of likely N-dealkylation sites (N-methyl/N-ethyl adjacent to an activating group) is 1. The van der Waals surface area contributed by atoms with Crippen molar-refractivity contribution >= 4 is 46.1 Å². The first-order valence-electron chi connectivity index (χ1n) is 12.6. The van der Waals surface area contributed by atoms with Crippen molar-refractivity contribution in [1.82, 2.24) is 24.8 Å². The Morgan fingerprint density at radius 1 is 1.27 bits per heavy atom. The number of carbonyl (C=O) groups excluding carboxylic acids is 2. The summed E-state index contributed by atoms with van der Waals surface area (Å²) < 4.78 is 15.7. The summed E-state index contributed by atoms with van der Waals surface area (Å²) in [7, 11) is 3.18. The highest BCUT2D eigenvalue weighted by Gasteiger charge is 2.22. The van der Waals surface area contributed by atoms with Gasteiger partial charge in [-0.25, -0.2) is 9.18 Å². The zero-order valence-corrected chi connectivity index (χ0v) is 23.4. The van der Waals surface area contributed by atoms with Gasteiger partial charge in [-0.1, -0.05) is 31.5 Å². The highest BCUT2D eigenvalue weighted by atomic mass is 35.5. The molecule has 0 bridgehead atoms. The minimum absolute atomic E-state index is 0.0435. The van der Waals surface area contributed by atoms with Crippen LogP contribution >= 0.6 is 11.6 Å². The number of halogens is 2. The number of pyridine rings is 2. The summed E-state index contributed by atoms with van der Waals surface area (Å²) >= 11 is 6.30. The maximum atomic E-state index is 14.5. The van der Waals surface area contributed by atoms with Gasteiger partial charge in [-0.3, -0.25) is 23.9 Å². The first-order chi connectivity index (χ1) is 18.9. The summed E-state index contributed by atoms with van der Waals surface area (Å²) in [6.07, 6.45) is 3.52. The van der Waals surface area contributed by atoms with Crippen LogP contribution in [0.4, 0.5) is 14.9 Å². The summed E-state index contributed by atoms with van der Waals surface area (Å²) in [5.74, 6) is -1.21. The fraction of sp³-hybridized carbons (Fsp3) is 0.370. The third-order valence-electron chi connectivity index (χ3n) is 6.00. The maximum absolute atomic E-state index is 14.5. The standard InChI is InChI=1S/C27H32ClFN6O5/c1-15(2)11-21-24-17(18(29)13-30-21)12-16(31-24)14-35-22(28)10-9-20(26(35)38)32-25(37)19(33-27(39)40)7-5-6-8-23(36)34(3)4/h6,8-10,12-13,15,19,31,33H,5,7,11,14H2,1-4H3,(H,32,37)(H,39,40)/b8-6+. The van der Waals surface area contributed by atoms with Gasteiger partial charge in [-0.05, 0) is 49.5 Å². The zero-order valence-electron chi connectivity index (χ0n) is 22.6. The van der Waals surface area contributed by atoms with E-state index in [-0.39, 0.29) is 36.1 Å². The van der Waals surface area contributed by atoms with Crippen molar-refractivity contribution in [1.29, 1.82) is 0 Å². The molecule has 3 rings (SSSR count). The van der Waals surface area contributed by atoms with E-state index in [0.29, 0.717) is 34.6 Å². The molecule has 3 aromatic rings. The first kappa shape index (κ1) is 30.4. The van der Waals surface area contributed by atoms with Crippen LogP contribution in [0.1, 0.15) is 38.1 Å². The Labute approximate surface area is 235 Å². The first-order valence-corrected chi connectivity index (χ1v) is 13.0. The molecule has 3 heterocycles. The van der Waals surface area contributed by atoms with Gasteiger partial charge in [0, 0.05) is 25.2 Å². The van der Waals surface area contributed by atoms with Crippen LogP contribution in [0.5, 0.6) is 0 Å². The average Bonchev–Trinajstić information content (AvgIpc) is 3.31. The normalized spacial score (nSPS) is 12.2. The monoisotopic (exact) mass is 574 g/mol. The van der Waals surface area contributed by atoms with Crippen LogP contribution in [0.3, 0.4) is 0 Å². The molecule has 0 radical (unpaired) electrons. The van der Waals surface area contributed by atoms with E-state index in [2.05, 4.69) is 20.6 Å². The van der Waals surface area contributed by atoms with Crippen LogP contribution in [-0.4, -0.2) is 62.6 Å². The Balaban J connectivity index is 1.82. The molecule has 13 heteroatoms. The predicted octanol–water partition coefficient (Wildman–Crippen LogP) is 3.76. The molecular formula is C27H32ClFN6O5. The van der Waals surface area contributed by atoms with Crippen molar-refractivity contribution in [2.24, 2.45) is 5.92 Å². The number of H-pyrrole nitrogens is 1. The number of hydrogen-bond donors (Lipinski definition) is 4. The maximum Gasteiger partial charge on any atom is 0.405 e. The predicted molar refractivity (Wildman–Crippen MR) is 150 cm³/mol. The molecule has 1 atom stereocenters. The number of nitrogens with one attached hydrogen (secondary N) is 3. The van der Waals surface area contributed by atoms with Crippen LogP contribution < -0.4 is 16.2 Å². The Hall–Kier alpha value is -4.19. The number of carbonyl (C=O) groups is 3. The average molecular weight is 575 g/mol. The molecular weight excluding hydrogens is 543 g/mol. The van der Waals surface area contributed by atoms with Gasteiger partial charge < -0.3 is 25.6 Å². The minimum Gasteiger partial charge on any atom is -0.465 e. The Kier molecular flexibility index (Phi) is 10.1. The molecule has 11 nitrogen and oxygen atoms in total. The number of anilines is 1. The third kappa shape index (κ3) is 7.69. The summed E-state index contributed by atoms with van der Waals surface area (Å²) in [6.45, 7) is 4.01. The van der Waals surface area contributed by atoms with Crippen LogP contribution in [-0.2, 0) is 22.6 Å². The van der Waals surface area contributed by atoms with Crippen LogP contribution in [0.25, 0.3) is 10.9 Å². The van der Waals surface area contributed by atoms with Crippen LogP contribution in [0.2, 0.25) is 5.15 Å². The SMILES string of the molecule is CC(C)Cc1ncc(F)c2cc(Cn3c(Cl)ccc(NC(=O)C(CC/C=C/C(=O)N(C)C)NC(=O)O)c3=O)[nH]c12. The second kappa shape index (κ2) is 13.2. The Bertz CT molecular complexity index is 1500. The smallest absolute Gasteiger partial charge is 0.405 e. The highest BCUT2D eigenvalue weighted by molar-refractivity contribution is 6.29. The van der Waals surface area contributed by atoms with Crippen molar-refractivity contribution in [3.63, 3.8) is 0 Å². The number of aromatic amines is 1. The van der Waals surface area contributed by atoms with E-state index in [9.17, 15) is 28.7 Å². The molecule has 0 spiro atoms. The van der Waals surface area contributed by atoms with E-state index in [4.69, 9.17) is 11.6 Å². The zero-order chi connectivity index (χ0) is 29.6. The second-order valence-corrected chi connectivity index (χ2v) is 10.3. The van der Waals surface area contributed by atoms with E-state index < -0.39 is 29.4 Å². The molecule has 0 aromatic carbocycles. The number of nitrogens with zero attached hydrogens (tertiary/aromatic N) is 3. The van der Waals surface area contributed by atoms with Crippen molar-refractivity contribution in [2.45, 2.75) is 45.7 Å². The van der Waals surface area contributed by atoms with Crippen molar-refractivity contribution in [3.8, 4) is 0 Å². The number of rotatable bonds is 11. The molecule has 214 valence electrons. The second-order valence-electron chi connectivity index (χ2n) is 9.90. The fourth-order valence-electron chi connectivity index (χ4n) is 4.02. The molecule has 0 fully saturated rings. The number of carboxylic acid groups (broad SMARTS) is 1. The topological polar surface area (TPSA) is 149 Å². The van der Waals surface area contributed by atoms with E-state index in [1.807, 2.05) is 13.8 Å². The fourth-order valence-corrected chi connectivity index (χ4v) is 4.22. The van der Waals surface area contributed by atoms with Crippen LogP contribution in [0.15, 0.2) is 41.3 Å². The molecule has 0 aliphatic carbocycles.